The number of benzene rings is 3. The molecular formula is C17H16N2O9S3. The standard InChI is InChI=1S/C17H16N2O9S3/c18-12-3-1-10(2-4-12)9-19-15-7-13(29(20,21)22)5-11-6-14(30(23,24)25)8-16(17(11)15)31(26,27)28/h1-8,19H,9,18H2,(H,20,21,22)(H,23,24,25)(H,26,27,28). The maximum absolute atomic E-state index is 11.9. The fourth-order valence-corrected chi connectivity index (χ4v) is 4.82. The minimum absolute atomic E-state index is 0.0509. The zero-order chi connectivity index (χ0) is 23.2. The van der Waals surface area contributed by atoms with Gasteiger partial charge in [0, 0.05) is 23.3 Å². The number of hydrogen-bond acceptors (Lipinski definition) is 8. The fourth-order valence-electron chi connectivity index (χ4n) is 2.90. The molecular weight excluding hydrogens is 472 g/mol. The lowest BCUT2D eigenvalue weighted by Crippen LogP contribution is -2.08. The summed E-state index contributed by atoms with van der Waals surface area (Å²) < 4.78 is 98.7. The highest BCUT2D eigenvalue weighted by molar-refractivity contribution is 7.87. The minimum atomic E-state index is -5.02. The average Bonchev–Trinajstić information content (AvgIpc) is 2.64. The highest BCUT2D eigenvalue weighted by Crippen LogP contribution is 2.35. The van der Waals surface area contributed by atoms with Gasteiger partial charge in [-0.05, 0) is 47.3 Å². The van der Waals surface area contributed by atoms with Gasteiger partial charge in [0.1, 0.15) is 4.90 Å². The van der Waals surface area contributed by atoms with Gasteiger partial charge in [-0.2, -0.15) is 25.3 Å². The van der Waals surface area contributed by atoms with E-state index in [1.54, 1.807) is 24.3 Å². The third-order valence-electron chi connectivity index (χ3n) is 4.30. The molecule has 0 unspecified atom stereocenters. The average molecular weight is 489 g/mol. The van der Waals surface area contributed by atoms with Crippen molar-refractivity contribution < 1.29 is 38.9 Å². The Hall–Kier alpha value is -2.75. The number of rotatable bonds is 6. The monoisotopic (exact) mass is 488 g/mol. The van der Waals surface area contributed by atoms with Crippen LogP contribution < -0.4 is 11.1 Å². The summed E-state index contributed by atoms with van der Waals surface area (Å²) in [6, 6.07) is 9.59. The van der Waals surface area contributed by atoms with Gasteiger partial charge in [-0.1, -0.05) is 12.1 Å². The van der Waals surface area contributed by atoms with Crippen LogP contribution in [0.3, 0.4) is 0 Å². The Kier molecular flexibility index (Phi) is 5.72. The van der Waals surface area contributed by atoms with E-state index >= 15 is 0 Å². The van der Waals surface area contributed by atoms with Crippen LogP contribution in [-0.2, 0) is 36.9 Å². The third kappa shape index (κ3) is 5.12. The number of fused-ring (bicyclic) bond motifs is 1. The Morgan fingerprint density at radius 2 is 1.26 bits per heavy atom. The number of nitrogens with one attached hydrogen (secondary N) is 1. The van der Waals surface area contributed by atoms with Crippen LogP contribution in [0.1, 0.15) is 5.56 Å². The molecule has 0 spiro atoms. The van der Waals surface area contributed by atoms with Crippen molar-refractivity contribution in [3.63, 3.8) is 0 Å². The summed E-state index contributed by atoms with van der Waals surface area (Å²) in [5.41, 5.74) is 6.64. The number of nitrogens with two attached hydrogens (primary N) is 1. The molecule has 0 bridgehead atoms. The minimum Gasteiger partial charge on any atom is -0.399 e. The lowest BCUT2D eigenvalue weighted by Gasteiger charge is -2.15. The first-order valence-electron chi connectivity index (χ1n) is 8.29. The van der Waals surface area contributed by atoms with Crippen molar-refractivity contribution in [2.45, 2.75) is 21.2 Å². The van der Waals surface area contributed by atoms with Crippen molar-refractivity contribution in [2.75, 3.05) is 11.1 Å². The van der Waals surface area contributed by atoms with Gasteiger partial charge in [0.05, 0.1) is 9.79 Å². The van der Waals surface area contributed by atoms with Gasteiger partial charge in [-0.15, -0.1) is 0 Å². The Bertz CT molecular complexity index is 1490. The second kappa shape index (κ2) is 7.74. The highest BCUT2D eigenvalue weighted by Gasteiger charge is 2.24. The van der Waals surface area contributed by atoms with Gasteiger partial charge in [0.25, 0.3) is 30.4 Å². The molecule has 0 aliphatic heterocycles. The van der Waals surface area contributed by atoms with Crippen LogP contribution in [0.4, 0.5) is 11.4 Å². The quantitative estimate of drug-likeness (QED) is 0.250. The lowest BCUT2D eigenvalue weighted by atomic mass is 10.1. The summed E-state index contributed by atoms with van der Waals surface area (Å²) in [5, 5.41) is 2.26. The maximum atomic E-state index is 11.9. The Balaban J connectivity index is 2.33. The normalized spacial score (nSPS) is 12.7. The summed E-state index contributed by atoms with van der Waals surface area (Å²) in [6.07, 6.45) is 0. The molecule has 31 heavy (non-hydrogen) atoms. The second-order valence-electron chi connectivity index (χ2n) is 6.51. The van der Waals surface area contributed by atoms with Crippen LogP contribution in [0.15, 0.2) is 63.2 Å². The van der Waals surface area contributed by atoms with E-state index in [1.165, 1.54) is 0 Å². The topological polar surface area (TPSA) is 201 Å². The summed E-state index contributed by atoms with van der Waals surface area (Å²) in [7, 11) is -14.7. The van der Waals surface area contributed by atoms with Crippen molar-refractivity contribution in [1.82, 2.24) is 0 Å². The van der Waals surface area contributed by atoms with Crippen molar-refractivity contribution in [3.8, 4) is 0 Å². The third-order valence-corrected chi connectivity index (χ3v) is 6.84. The van der Waals surface area contributed by atoms with E-state index in [2.05, 4.69) is 5.32 Å². The van der Waals surface area contributed by atoms with E-state index < -0.39 is 45.0 Å². The van der Waals surface area contributed by atoms with E-state index in [-0.39, 0.29) is 23.0 Å². The lowest BCUT2D eigenvalue weighted by molar-refractivity contribution is 0.480. The van der Waals surface area contributed by atoms with Crippen molar-refractivity contribution in [2.24, 2.45) is 0 Å². The van der Waals surface area contributed by atoms with E-state index in [9.17, 15) is 38.9 Å². The molecule has 0 atom stereocenters. The van der Waals surface area contributed by atoms with Crippen LogP contribution in [0, 0.1) is 0 Å². The van der Waals surface area contributed by atoms with Gasteiger partial charge in [-0.3, -0.25) is 13.7 Å². The molecule has 0 aliphatic carbocycles. The van der Waals surface area contributed by atoms with E-state index in [4.69, 9.17) is 5.73 Å². The first-order valence-corrected chi connectivity index (χ1v) is 12.6. The highest BCUT2D eigenvalue weighted by atomic mass is 32.2. The van der Waals surface area contributed by atoms with Crippen molar-refractivity contribution in [1.29, 1.82) is 0 Å². The molecule has 3 aromatic carbocycles. The molecule has 11 nitrogen and oxygen atoms in total. The number of anilines is 2. The molecule has 166 valence electrons. The fraction of sp³-hybridized carbons (Fsp3) is 0.0588. The number of nitrogen functional groups attached to an aromatic ring is 1. The van der Waals surface area contributed by atoms with Gasteiger partial charge < -0.3 is 11.1 Å². The molecule has 0 aliphatic rings. The molecule has 0 aromatic heterocycles. The molecule has 0 fully saturated rings. The van der Waals surface area contributed by atoms with E-state index in [0.29, 0.717) is 17.3 Å². The molecule has 0 radical (unpaired) electrons. The Morgan fingerprint density at radius 3 is 1.74 bits per heavy atom. The van der Waals surface area contributed by atoms with Gasteiger partial charge in [0.15, 0.2) is 0 Å². The predicted octanol–water partition coefficient (Wildman–Crippen LogP) is 1.77. The molecule has 14 heteroatoms. The van der Waals surface area contributed by atoms with Gasteiger partial charge in [-0.25, -0.2) is 0 Å². The summed E-state index contributed by atoms with van der Waals surface area (Å²) in [4.78, 5) is -2.46. The summed E-state index contributed by atoms with van der Waals surface area (Å²) >= 11 is 0. The SMILES string of the molecule is Nc1ccc(CNc2cc(S(=O)(=O)O)cc3cc(S(=O)(=O)O)cc(S(=O)(=O)O)c23)cc1. The molecule has 3 rings (SSSR count). The largest absolute Gasteiger partial charge is 0.399 e. The van der Waals surface area contributed by atoms with Gasteiger partial charge >= 0.3 is 0 Å². The molecule has 0 saturated carbocycles. The maximum Gasteiger partial charge on any atom is 0.295 e. The molecule has 0 saturated heterocycles. The van der Waals surface area contributed by atoms with Crippen LogP contribution in [0.25, 0.3) is 10.8 Å². The van der Waals surface area contributed by atoms with Crippen LogP contribution in [0.5, 0.6) is 0 Å². The molecule has 3 aromatic rings. The summed E-state index contributed by atoms with van der Waals surface area (Å²) in [5.74, 6) is 0. The van der Waals surface area contributed by atoms with E-state index in [0.717, 1.165) is 18.2 Å². The van der Waals surface area contributed by atoms with Crippen molar-refractivity contribution >= 4 is 52.5 Å². The number of hydrogen-bond donors (Lipinski definition) is 5. The Morgan fingerprint density at radius 1 is 0.742 bits per heavy atom. The Labute approximate surface area is 177 Å². The second-order valence-corrected chi connectivity index (χ2v) is 10.7. The van der Waals surface area contributed by atoms with Crippen molar-refractivity contribution in [3.05, 3.63) is 54.1 Å². The van der Waals surface area contributed by atoms with E-state index in [1.807, 2.05) is 0 Å². The zero-order valence-corrected chi connectivity index (χ0v) is 17.9. The summed E-state index contributed by atoms with van der Waals surface area (Å²) in [6.45, 7) is 0.0509. The molecule has 6 N–H and O–H groups in total. The molecule has 0 amide bonds. The van der Waals surface area contributed by atoms with Crippen LogP contribution in [-0.4, -0.2) is 38.9 Å². The van der Waals surface area contributed by atoms with Crippen LogP contribution >= 0.6 is 0 Å². The smallest absolute Gasteiger partial charge is 0.295 e. The first-order chi connectivity index (χ1) is 14.2. The van der Waals surface area contributed by atoms with Gasteiger partial charge in [0.2, 0.25) is 0 Å². The first kappa shape index (κ1) is 22.9. The predicted molar refractivity (Wildman–Crippen MR) is 112 cm³/mol. The molecule has 0 heterocycles. The van der Waals surface area contributed by atoms with Crippen LogP contribution in [0.2, 0.25) is 0 Å². The zero-order valence-electron chi connectivity index (χ0n) is 15.4.